The number of amides is 1. The first kappa shape index (κ1) is 23.6. The molecule has 3 N–H and O–H groups in total. The number of primary amides is 1. The minimum atomic E-state index is -4.77. The molecule has 28 heavy (non-hydrogen) atoms. The average Bonchev–Trinajstić information content (AvgIpc) is 2.52. The molecule has 0 aliphatic heterocycles. The molecule has 1 amide bonds. The van der Waals surface area contributed by atoms with Crippen molar-refractivity contribution in [1.29, 1.82) is 0 Å². The zero-order chi connectivity index (χ0) is 21.5. The van der Waals surface area contributed by atoms with Crippen molar-refractivity contribution in [3.63, 3.8) is 0 Å². The number of halogens is 5. The molecule has 0 saturated carbocycles. The first-order valence-corrected chi connectivity index (χ1v) is 9.33. The fourth-order valence-electron chi connectivity index (χ4n) is 1.63. The SMILES string of the molecule is NC(=O)c1ccc(F)cc1Br.O=S(=O)(O)/C=C/c1ccc(OC(F)(F)F)cc1. The Bertz CT molecular complexity index is 960. The number of rotatable bonds is 4. The van der Waals surface area contributed by atoms with Crippen LogP contribution in [-0.2, 0) is 10.1 Å². The Morgan fingerprint density at radius 3 is 2.14 bits per heavy atom. The summed E-state index contributed by atoms with van der Waals surface area (Å²) in [5.41, 5.74) is 5.56. The topological polar surface area (TPSA) is 107 Å². The van der Waals surface area contributed by atoms with Crippen molar-refractivity contribution in [3.05, 3.63) is 69.3 Å². The van der Waals surface area contributed by atoms with Crippen LogP contribution in [-0.4, -0.2) is 25.2 Å². The summed E-state index contributed by atoms with van der Waals surface area (Å²) in [5, 5.41) is 0.520. The van der Waals surface area contributed by atoms with Crippen molar-refractivity contribution in [3.8, 4) is 5.75 Å². The second-order valence-corrected chi connectivity index (χ2v) is 7.08. The fraction of sp³-hybridized carbons (Fsp3) is 0.0625. The molecule has 2 aromatic carbocycles. The molecule has 2 aromatic rings. The third kappa shape index (κ3) is 9.48. The first-order valence-electron chi connectivity index (χ1n) is 7.03. The zero-order valence-electron chi connectivity index (χ0n) is 13.7. The normalized spacial score (nSPS) is 11.6. The summed E-state index contributed by atoms with van der Waals surface area (Å²) < 4.78 is 80.9. The number of nitrogens with two attached hydrogens (primary N) is 1. The predicted octanol–water partition coefficient (Wildman–Crippen LogP) is 4.13. The maximum Gasteiger partial charge on any atom is 0.573 e. The zero-order valence-corrected chi connectivity index (χ0v) is 16.1. The minimum Gasteiger partial charge on any atom is -0.406 e. The molecule has 0 radical (unpaired) electrons. The van der Waals surface area contributed by atoms with Crippen LogP contribution in [0.3, 0.4) is 0 Å². The van der Waals surface area contributed by atoms with Crippen LogP contribution in [0.25, 0.3) is 6.08 Å². The predicted molar refractivity (Wildman–Crippen MR) is 96.3 cm³/mol. The van der Waals surface area contributed by atoms with E-state index in [0.717, 1.165) is 18.2 Å². The van der Waals surface area contributed by atoms with E-state index in [1.54, 1.807) is 0 Å². The molecule has 0 fully saturated rings. The van der Waals surface area contributed by atoms with Crippen LogP contribution in [0.5, 0.6) is 5.75 Å². The van der Waals surface area contributed by atoms with Crippen LogP contribution in [0.4, 0.5) is 17.6 Å². The number of hydrogen-bond donors (Lipinski definition) is 2. The number of carbonyl (C=O) groups excluding carboxylic acids is 1. The number of benzene rings is 2. The summed E-state index contributed by atoms with van der Waals surface area (Å²) in [6.45, 7) is 0. The van der Waals surface area contributed by atoms with Crippen molar-refractivity contribution in [1.82, 2.24) is 0 Å². The van der Waals surface area contributed by atoms with Crippen molar-refractivity contribution in [2.45, 2.75) is 6.36 Å². The van der Waals surface area contributed by atoms with Gasteiger partial charge in [0, 0.05) is 4.47 Å². The Labute approximate surface area is 165 Å². The number of ether oxygens (including phenoxy) is 1. The van der Waals surface area contributed by atoms with E-state index in [9.17, 15) is 30.8 Å². The maximum absolute atomic E-state index is 12.4. The molecule has 0 bridgehead atoms. The van der Waals surface area contributed by atoms with Gasteiger partial charge in [0.1, 0.15) is 11.6 Å². The Morgan fingerprint density at radius 1 is 1.14 bits per heavy atom. The van der Waals surface area contributed by atoms with Gasteiger partial charge in [0.05, 0.1) is 11.0 Å². The van der Waals surface area contributed by atoms with Crippen molar-refractivity contribution < 1.29 is 40.1 Å². The van der Waals surface area contributed by atoms with Crippen LogP contribution < -0.4 is 10.5 Å². The molecule has 0 spiro atoms. The summed E-state index contributed by atoms with van der Waals surface area (Å²) in [6.07, 6.45) is -3.74. The maximum atomic E-state index is 12.4. The first-order chi connectivity index (χ1) is 12.8. The lowest BCUT2D eigenvalue weighted by atomic mass is 10.2. The largest absolute Gasteiger partial charge is 0.573 e. The number of carbonyl (C=O) groups is 1. The van der Waals surface area contributed by atoms with Gasteiger partial charge >= 0.3 is 6.36 Å². The van der Waals surface area contributed by atoms with Crippen molar-refractivity contribution in [2.75, 3.05) is 0 Å². The Hall–Kier alpha value is -2.44. The van der Waals surface area contributed by atoms with Crippen molar-refractivity contribution in [2.24, 2.45) is 5.73 Å². The van der Waals surface area contributed by atoms with Gasteiger partial charge in [-0.3, -0.25) is 9.35 Å². The number of alkyl halides is 3. The third-order valence-electron chi connectivity index (χ3n) is 2.74. The van der Waals surface area contributed by atoms with E-state index in [4.69, 9.17) is 10.3 Å². The second kappa shape index (κ2) is 9.66. The lowest BCUT2D eigenvalue weighted by Gasteiger charge is -2.08. The highest BCUT2D eigenvalue weighted by atomic mass is 79.9. The molecule has 0 aromatic heterocycles. The van der Waals surface area contributed by atoms with E-state index in [2.05, 4.69) is 20.7 Å². The fourth-order valence-corrected chi connectivity index (χ4v) is 2.51. The van der Waals surface area contributed by atoms with Crippen LogP contribution in [0.1, 0.15) is 15.9 Å². The molecule has 0 unspecified atom stereocenters. The Kier molecular flexibility index (Phi) is 8.14. The van der Waals surface area contributed by atoms with E-state index in [-0.39, 0.29) is 5.56 Å². The standard InChI is InChI=1S/C9H7F3O4S.C7H5BrFNO/c10-9(11,12)16-8-3-1-7(2-4-8)5-6-17(13,14)15;8-6-3-4(9)1-2-5(6)7(10)11/h1-6H,(H,13,14,15);1-3H,(H2,10,11)/b6-5+;. The molecule has 0 heterocycles. The molecule has 2 rings (SSSR count). The third-order valence-corrected chi connectivity index (χ3v) is 3.88. The lowest BCUT2D eigenvalue weighted by Crippen LogP contribution is -2.16. The molecule has 6 nitrogen and oxygen atoms in total. The van der Waals surface area contributed by atoms with Gasteiger partial charge in [-0.2, -0.15) is 8.42 Å². The summed E-state index contributed by atoms with van der Waals surface area (Å²) in [5.74, 6) is -1.39. The summed E-state index contributed by atoms with van der Waals surface area (Å²) >= 11 is 3.01. The van der Waals surface area contributed by atoms with Gasteiger partial charge in [0.25, 0.3) is 10.1 Å². The van der Waals surface area contributed by atoms with Gasteiger partial charge in [-0.1, -0.05) is 12.1 Å². The minimum absolute atomic E-state index is 0.284. The molecule has 12 heteroatoms. The molecule has 152 valence electrons. The van der Waals surface area contributed by atoms with Crippen LogP contribution in [0.2, 0.25) is 0 Å². The van der Waals surface area contributed by atoms with E-state index in [1.807, 2.05) is 0 Å². The quantitative estimate of drug-likeness (QED) is 0.500. The molecule has 0 aliphatic carbocycles. The van der Waals surface area contributed by atoms with E-state index in [1.165, 1.54) is 30.3 Å². The summed E-state index contributed by atoms with van der Waals surface area (Å²) in [7, 11) is -4.25. The molecular formula is C16H12BrF4NO5S. The smallest absolute Gasteiger partial charge is 0.406 e. The molecule has 0 saturated heterocycles. The Morgan fingerprint density at radius 2 is 1.71 bits per heavy atom. The van der Waals surface area contributed by atoms with Gasteiger partial charge < -0.3 is 10.5 Å². The van der Waals surface area contributed by atoms with E-state index >= 15 is 0 Å². The lowest BCUT2D eigenvalue weighted by molar-refractivity contribution is -0.274. The molecule has 0 aliphatic rings. The van der Waals surface area contributed by atoms with Gasteiger partial charge in [0.2, 0.25) is 5.91 Å². The highest BCUT2D eigenvalue weighted by molar-refractivity contribution is 9.10. The number of hydrogen-bond acceptors (Lipinski definition) is 4. The van der Waals surface area contributed by atoms with Crippen LogP contribution in [0, 0.1) is 5.82 Å². The second-order valence-electron chi connectivity index (χ2n) is 4.92. The van der Waals surface area contributed by atoms with Gasteiger partial charge in [-0.15, -0.1) is 13.2 Å². The molecular weight excluding hydrogens is 474 g/mol. The monoisotopic (exact) mass is 485 g/mol. The molecule has 0 atom stereocenters. The van der Waals surface area contributed by atoms with Gasteiger partial charge in [0.15, 0.2) is 0 Å². The average molecular weight is 486 g/mol. The van der Waals surface area contributed by atoms with Gasteiger partial charge in [-0.25, -0.2) is 4.39 Å². The summed E-state index contributed by atoms with van der Waals surface area (Å²) in [4.78, 5) is 10.6. The summed E-state index contributed by atoms with van der Waals surface area (Å²) in [6, 6.07) is 8.19. The van der Waals surface area contributed by atoms with E-state index < -0.39 is 34.0 Å². The highest BCUT2D eigenvalue weighted by Crippen LogP contribution is 2.23. The van der Waals surface area contributed by atoms with Crippen LogP contribution in [0.15, 0.2) is 52.3 Å². The highest BCUT2D eigenvalue weighted by Gasteiger charge is 2.30. The van der Waals surface area contributed by atoms with Crippen molar-refractivity contribution >= 4 is 38.0 Å². The van der Waals surface area contributed by atoms with E-state index in [0.29, 0.717) is 15.4 Å². The van der Waals surface area contributed by atoms with Crippen LogP contribution >= 0.6 is 15.9 Å². The Balaban J connectivity index is 0.000000307. The van der Waals surface area contributed by atoms with Gasteiger partial charge in [-0.05, 0) is 57.9 Å².